The first-order chi connectivity index (χ1) is 8.42. The van der Waals surface area contributed by atoms with Crippen molar-refractivity contribution in [2.24, 2.45) is 5.92 Å². The van der Waals surface area contributed by atoms with Gasteiger partial charge in [0.25, 0.3) is 0 Å². The van der Waals surface area contributed by atoms with Crippen LogP contribution in [0.4, 0.5) is 0 Å². The number of hydrogen-bond acceptors (Lipinski definition) is 2. The summed E-state index contributed by atoms with van der Waals surface area (Å²) >= 11 is 6.10. The molecule has 0 radical (unpaired) electrons. The molecule has 1 aromatic rings. The van der Waals surface area contributed by atoms with E-state index in [9.17, 15) is 4.79 Å². The minimum atomic E-state index is -0.0843. The Morgan fingerprint density at radius 3 is 2.33 bits per heavy atom. The summed E-state index contributed by atoms with van der Waals surface area (Å²) in [4.78, 5) is 14.0. The molecule has 0 bridgehead atoms. The molecule has 1 atom stereocenters. The van der Waals surface area contributed by atoms with Crippen molar-refractivity contribution in [2.45, 2.75) is 41.2 Å². The van der Waals surface area contributed by atoms with Crippen LogP contribution in [-0.4, -0.2) is 33.7 Å². The highest BCUT2D eigenvalue weighted by molar-refractivity contribution is 6.31. The largest absolute Gasteiger partial charge is 0.343 e. The molecule has 0 aliphatic rings. The molecule has 0 spiro atoms. The van der Waals surface area contributed by atoms with Gasteiger partial charge in [0, 0.05) is 13.1 Å². The van der Waals surface area contributed by atoms with E-state index < -0.39 is 0 Å². The zero-order valence-electron chi connectivity index (χ0n) is 11.8. The molecule has 0 aliphatic heterocycles. The second-order valence-corrected chi connectivity index (χ2v) is 4.96. The lowest BCUT2D eigenvalue weighted by Gasteiger charge is -2.23. The predicted molar refractivity (Wildman–Crippen MR) is 73.8 cm³/mol. The van der Waals surface area contributed by atoms with E-state index in [1.807, 2.05) is 44.2 Å². The number of amides is 1. The second kappa shape index (κ2) is 6.23. The normalized spacial score (nSPS) is 12.6. The van der Waals surface area contributed by atoms with E-state index in [1.165, 1.54) is 0 Å². The Morgan fingerprint density at radius 1 is 1.39 bits per heavy atom. The number of aryl methyl sites for hydroxylation is 1. The maximum Gasteiger partial charge on any atom is 0.227 e. The van der Waals surface area contributed by atoms with Crippen molar-refractivity contribution in [1.29, 1.82) is 0 Å². The van der Waals surface area contributed by atoms with E-state index in [1.54, 1.807) is 0 Å². The first kappa shape index (κ1) is 15.0. The Bertz CT molecular complexity index is 424. The van der Waals surface area contributed by atoms with Crippen molar-refractivity contribution >= 4 is 17.5 Å². The summed E-state index contributed by atoms with van der Waals surface area (Å²) in [6.45, 7) is 11.8. The highest BCUT2D eigenvalue weighted by Crippen LogP contribution is 2.20. The molecule has 1 unspecified atom stereocenters. The van der Waals surface area contributed by atoms with Gasteiger partial charge in [-0.1, -0.05) is 18.5 Å². The van der Waals surface area contributed by atoms with Gasteiger partial charge in [0.1, 0.15) is 0 Å². The Morgan fingerprint density at radius 2 is 1.94 bits per heavy atom. The third kappa shape index (κ3) is 3.05. The molecule has 18 heavy (non-hydrogen) atoms. The zero-order valence-corrected chi connectivity index (χ0v) is 12.6. The maximum atomic E-state index is 12.2. The summed E-state index contributed by atoms with van der Waals surface area (Å²) < 4.78 is 1.82. The van der Waals surface area contributed by atoms with E-state index in [2.05, 4.69) is 5.10 Å². The van der Waals surface area contributed by atoms with E-state index in [0.29, 0.717) is 11.6 Å². The molecule has 1 amide bonds. The number of hydrogen-bond donors (Lipinski definition) is 0. The smallest absolute Gasteiger partial charge is 0.227 e. The van der Waals surface area contributed by atoms with Crippen molar-refractivity contribution in [2.75, 3.05) is 13.1 Å². The van der Waals surface area contributed by atoms with Gasteiger partial charge < -0.3 is 4.90 Å². The van der Waals surface area contributed by atoms with Gasteiger partial charge in [-0.25, -0.2) is 0 Å². The fourth-order valence-corrected chi connectivity index (χ4v) is 2.17. The van der Waals surface area contributed by atoms with Crippen LogP contribution in [-0.2, 0) is 11.3 Å². The van der Waals surface area contributed by atoms with E-state index in [4.69, 9.17) is 11.6 Å². The van der Waals surface area contributed by atoms with Crippen LogP contribution in [0.1, 0.15) is 32.2 Å². The number of rotatable bonds is 5. The Labute approximate surface area is 114 Å². The van der Waals surface area contributed by atoms with Gasteiger partial charge in [0.2, 0.25) is 5.91 Å². The van der Waals surface area contributed by atoms with Crippen molar-refractivity contribution < 1.29 is 4.79 Å². The number of nitrogens with zero attached hydrogens (tertiary/aromatic N) is 3. The molecule has 1 rings (SSSR count). The van der Waals surface area contributed by atoms with E-state index >= 15 is 0 Å². The van der Waals surface area contributed by atoms with E-state index in [0.717, 1.165) is 24.5 Å². The third-order valence-electron chi connectivity index (χ3n) is 3.24. The first-order valence-electron chi connectivity index (χ1n) is 6.40. The van der Waals surface area contributed by atoms with Crippen LogP contribution in [0.15, 0.2) is 0 Å². The average molecular weight is 272 g/mol. The fraction of sp³-hybridized carbons (Fsp3) is 0.692. The summed E-state index contributed by atoms with van der Waals surface area (Å²) in [6.07, 6.45) is 0. The first-order valence-corrected chi connectivity index (χ1v) is 6.78. The third-order valence-corrected chi connectivity index (χ3v) is 3.78. The van der Waals surface area contributed by atoms with Crippen LogP contribution in [0.5, 0.6) is 0 Å². The van der Waals surface area contributed by atoms with Crippen LogP contribution >= 0.6 is 11.6 Å². The lowest BCUT2D eigenvalue weighted by Crippen LogP contribution is -2.36. The molecule has 1 aromatic heterocycles. The molecule has 4 nitrogen and oxygen atoms in total. The van der Waals surface area contributed by atoms with Gasteiger partial charge in [0.05, 0.1) is 28.9 Å². The maximum absolute atomic E-state index is 12.2. The van der Waals surface area contributed by atoms with E-state index in [-0.39, 0.29) is 11.8 Å². The Hall–Kier alpha value is -1.03. The summed E-state index contributed by atoms with van der Waals surface area (Å²) in [7, 11) is 0. The molecule has 5 heteroatoms. The fourth-order valence-electron chi connectivity index (χ4n) is 2.04. The standard InChI is InChI=1S/C13H22ClN3O/c1-6-16(7-2)13(18)9(3)8-17-11(5)12(14)10(4)15-17/h9H,6-8H2,1-5H3. The zero-order chi connectivity index (χ0) is 13.9. The SMILES string of the molecule is CCN(CC)C(=O)C(C)Cn1nc(C)c(Cl)c1C. The molecule has 0 aromatic carbocycles. The van der Waals surface area contributed by atoms with Crippen molar-refractivity contribution in [3.8, 4) is 0 Å². The monoisotopic (exact) mass is 271 g/mol. The van der Waals surface area contributed by atoms with Crippen LogP contribution in [0.3, 0.4) is 0 Å². The van der Waals surface area contributed by atoms with Crippen LogP contribution in [0, 0.1) is 19.8 Å². The average Bonchev–Trinajstić information content (AvgIpc) is 2.58. The van der Waals surface area contributed by atoms with Gasteiger partial charge in [-0.3, -0.25) is 9.48 Å². The van der Waals surface area contributed by atoms with Gasteiger partial charge in [-0.15, -0.1) is 0 Å². The van der Waals surface area contributed by atoms with Gasteiger partial charge in [-0.05, 0) is 27.7 Å². The summed E-state index contributed by atoms with van der Waals surface area (Å²) in [5, 5.41) is 5.05. The number of aromatic nitrogens is 2. The topological polar surface area (TPSA) is 38.1 Å². The Kier molecular flexibility index (Phi) is 5.20. The highest BCUT2D eigenvalue weighted by Gasteiger charge is 2.20. The molecule has 0 saturated heterocycles. The number of carbonyl (C=O) groups is 1. The molecular weight excluding hydrogens is 250 g/mol. The van der Waals surface area contributed by atoms with Gasteiger partial charge >= 0.3 is 0 Å². The van der Waals surface area contributed by atoms with Crippen LogP contribution in [0.25, 0.3) is 0 Å². The summed E-state index contributed by atoms with van der Waals surface area (Å²) in [5.41, 5.74) is 1.74. The number of halogens is 1. The minimum Gasteiger partial charge on any atom is -0.343 e. The second-order valence-electron chi connectivity index (χ2n) is 4.58. The predicted octanol–water partition coefficient (Wildman–Crippen LogP) is 2.66. The molecule has 0 saturated carbocycles. The van der Waals surface area contributed by atoms with Crippen molar-refractivity contribution in [1.82, 2.24) is 14.7 Å². The minimum absolute atomic E-state index is 0.0843. The molecule has 0 N–H and O–H groups in total. The molecule has 0 aliphatic carbocycles. The van der Waals surface area contributed by atoms with Crippen molar-refractivity contribution in [3.63, 3.8) is 0 Å². The molecular formula is C13H22ClN3O. The number of carbonyl (C=O) groups excluding carboxylic acids is 1. The van der Waals surface area contributed by atoms with Gasteiger partial charge in [0.15, 0.2) is 0 Å². The summed E-state index contributed by atoms with van der Waals surface area (Å²) in [5.74, 6) is 0.0858. The van der Waals surface area contributed by atoms with Crippen molar-refractivity contribution in [3.05, 3.63) is 16.4 Å². The van der Waals surface area contributed by atoms with Gasteiger partial charge in [-0.2, -0.15) is 5.10 Å². The van der Waals surface area contributed by atoms with Crippen LogP contribution in [0.2, 0.25) is 5.02 Å². The summed E-state index contributed by atoms with van der Waals surface area (Å²) in [6, 6.07) is 0. The lowest BCUT2D eigenvalue weighted by molar-refractivity contribution is -0.135. The quantitative estimate of drug-likeness (QED) is 0.826. The van der Waals surface area contributed by atoms with Crippen LogP contribution < -0.4 is 0 Å². The highest BCUT2D eigenvalue weighted by atomic mass is 35.5. The molecule has 0 fully saturated rings. The molecule has 102 valence electrons. The Balaban J connectivity index is 2.78. The molecule has 1 heterocycles. The lowest BCUT2D eigenvalue weighted by atomic mass is 10.1.